The van der Waals surface area contributed by atoms with Crippen molar-refractivity contribution in [2.45, 2.75) is 19.8 Å². The molecule has 0 radical (unpaired) electrons. The first-order valence-electron chi connectivity index (χ1n) is 3.89. The first-order valence-corrected chi connectivity index (χ1v) is 3.89. The fourth-order valence-corrected chi connectivity index (χ4v) is 0.916. The highest BCUT2D eigenvalue weighted by Gasteiger charge is 2.11. The molecule has 1 rings (SSSR count). The van der Waals surface area contributed by atoms with Gasteiger partial charge in [-0.1, -0.05) is 20.4 Å². The van der Waals surface area contributed by atoms with Crippen LogP contribution in [0.15, 0.2) is 12.8 Å². The Morgan fingerprint density at radius 3 is 2.62 bits per heavy atom. The molecule has 1 aromatic heterocycles. The monoisotopic (exact) mass is 184 g/mol. The summed E-state index contributed by atoms with van der Waals surface area (Å²) in [5.74, 6) is -1.51. The van der Waals surface area contributed by atoms with E-state index < -0.39 is 11.6 Å². The Hall–Kier alpha value is -1.32. The van der Waals surface area contributed by atoms with Gasteiger partial charge in [0, 0.05) is 0 Å². The summed E-state index contributed by atoms with van der Waals surface area (Å²) in [6.07, 6.45) is 0.961. The maximum Gasteiger partial charge on any atom is 0.188 e. The predicted molar refractivity (Wildman–Crippen MR) is 46.2 cm³/mol. The topological polar surface area (TPSA) is 25.8 Å². The summed E-state index contributed by atoms with van der Waals surface area (Å²) >= 11 is 0. The van der Waals surface area contributed by atoms with Crippen LogP contribution in [0, 0.1) is 5.82 Å². The molecule has 0 N–H and O–H groups in total. The summed E-state index contributed by atoms with van der Waals surface area (Å²) in [4.78, 5) is 7.17. The second-order valence-corrected chi connectivity index (χ2v) is 2.99. The van der Waals surface area contributed by atoms with E-state index >= 15 is 0 Å². The molecule has 4 heteroatoms. The number of aromatic nitrogens is 2. The van der Waals surface area contributed by atoms with Crippen LogP contribution in [0.3, 0.4) is 0 Å². The molecule has 0 aliphatic carbocycles. The van der Waals surface area contributed by atoms with Crippen LogP contribution in [0.4, 0.5) is 8.78 Å². The van der Waals surface area contributed by atoms with Gasteiger partial charge in [0.15, 0.2) is 17.5 Å². The molecular formula is C9H10F2N2. The largest absolute Gasteiger partial charge is 0.231 e. The van der Waals surface area contributed by atoms with E-state index in [2.05, 4.69) is 16.5 Å². The van der Waals surface area contributed by atoms with Gasteiger partial charge >= 0.3 is 0 Å². The molecule has 1 heterocycles. The van der Waals surface area contributed by atoms with Gasteiger partial charge < -0.3 is 0 Å². The number of halogens is 2. The number of hydrogen-bond acceptors (Lipinski definition) is 2. The molecule has 1 aromatic rings. The molecule has 0 aliphatic rings. The maximum atomic E-state index is 13.0. The van der Waals surface area contributed by atoms with Gasteiger partial charge in [0.05, 0.1) is 11.9 Å². The Morgan fingerprint density at radius 2 is 2.15 bits per heavy atom. The van der Waals surface area contributed by atoms with Crippen LogP contribution in [0.1, 0.15) is 31.3 Å². The molecule has 0 unspecified atom stereocenters. The van der Waals surface area contributed by atoms with E-state index in [1.165, 1.54) is 0 Å². The summed E-state index contributed by atoms with van der Waals surface area (Å²) in [5.41, 5.74) is 0.212. The Balaban J connectivity index is 3.19. The SMILES string of the molecule is C=C(F)c1ncc(F)c(C(C)C)n1. The lowest BCUT2D eigenvalue weighted by molar-refractivity contribution is 0.572. The molecule has 0 aromatic carbocycles. The zero-order chi connectivity index (χ0) is 10.0. The van der Waals surface area contributed by atoms with E-state index in [1.54, 1.807) is 13.8 Å². The van der Waals surface area contributed by atoms with E-state index in [1.807, 2.05) is 0 Å². The summed E-state index contributed by atoms with van der Waals surface area (Å²) in [7, 11) is 0. The minimum Gasteiger partial charge on any atom is -0.231 e. The zero-order valence-electron chi connectivity index (χ0n) is 7.51. The summed E-state index contributed by atoms with van der Waals surface area (Å²) in [6.45, 7) is 6.59. The average molecular weight is 184 g/mol. The highest BCUT2D eigenvalue weighted by atomic mass is 19.1. The fourth-order valence-electron chi connectivity index (χ4n) is 0.916. The van der Waals surface area contributed by atoms with Crippen molar-refractivity contribution in [1.29, 1.82) is 0 Å². The Labute approximate surface area is 75.3 Å². The van der Waals surface area contributed by atoms with E-state index in [-0.39, 0.29) is 17.4 Å². The molecular weight excluding hydrogens is 174 g/mol. The fraction of sp³-hybridized carbons (Fsp3) is 0.333. The van der Waals surface area contributed by atoms with Crippen molar-refractivity contribution < 1.29 is 8.78 Å². The molecule has 0 bridgehead atoms. The first-order chi connectivity index (χ1) is 6.02. The second-order valence-electron chi connectivity index (χ2n) is 2.99. The Kier molecular flexibility index (Phi) is 2.70. The van der Waals surface area contributed by atoms with Crippen molar-refractivity contribution in [3.05, 3.63) is 30.1 Å². The Bertz CT molecular complexity index is 334. The standard InChI is InChI=1S/C9H10F2N2/c1-5(2)8-7(11)4-12-9(13-8)6(3)10/h4-5H,3H2,1-2H3. The molecule has 0 saturated carbocycles. The summed E-state index contributed by atoms with van der Waals surface area (Å²) in [5, 5.41) is 0. The third-order valence-electron chi connectivity index (χ3n) is 1.56. The van der Waals surface area contributed by atoms with Crippen LogP contribution < -0.4 is 0 Å². The van der Waals surface area contributed by atoms with Crippen molar-refractivity contribution in [2.24, 2.45) is 0 Å². The van der Waals surface area contributed by atoms with Gasteiger partial charge in [-0.15, -0.1) is 0 Å². The van der Waals surface area contributed by atoms with Gasteiger partial charge in [-0.05, 0) is 5.92 Å². The van der Waals surface area contributed by atoms with E-state index in [0.29, 0.717) is 0 Å². The molecule has 0 saturated heterocycles. The molecule has 70 valence electrons. The minimum atomic E-state index is -0.748. The summed E-state index contributed by atoms with van der Waals surface area (Å²) < 4.78 is 25.6. The van der Waals surface area contributed by atoms with Crippen LogP contribution in [0.2, 0.25) is 0 Å². The lowest BCUT2D eigenvalue weighted by atomic mass is 10.1. The van der Waals surface area contributed by atoms with Crippen LogP contribution in [-0.2, 0) is 0 Å². The minimum absolute atomic E-state index is 0.0962. The lowest BCUT2D eigenvalue weighted by Gasteiger charge is -2.05. The van der Waals surface area contributed by atoms with Crippen molar-refractivity contribution in [1.82, 2.24) is 9.97 Å². The third kappa shape index (κ3) is 2.08. The molecule has 0 amide bonds. The van der Waals surface area contributed by atoms with Crippen molar-refractivity contribution in [3.8, 4) is 0 Å². The highest BCUT2D eigenvalue weighted by molar-refractivity contribution is 5.48. The Morgan fingerprint density at radius 1 is 1.54 bits per heavy atom. The highest BCUT2D eigenvalue weighted by Crippen LogP contribution is 2.17. The molecule has 0 atom stereocenters. The van der Waals surface area contributed by atoms with E-state index in [4.69, 9.17) is 0 Å². The smallest absolute Gasteiger partial charge is 0.188 e. The van der Waals surface area contributed by atoms with Crippen LogP contribution >= 0.6 is 0 Å². The van der Waals surface area contributed by atoms with Gasteiger partial charge in [0.25, 0.3) is 0 Å². The van der Waals surface area contributed by atoms with Crippen LogP contribution in [-0.4, -0.2) is 9.97 Å². The number of hydrogen-bond donors (Lipinski definition) is 0. The quantitative estimate of drug-likeness (QED) is 0.706. The van der Waals surface area contributed by atoms with Crippen molar-refractivity contribution in [3.63, 3.8) is 0 Å². The van der Waals surface area contributed by atoms with Crippen molar-refractivity contribution >= 4 is 5.83 Å². The maximum absolute atomic E-state index is 13.0. The van der Waals surface area contributed by atoms with Gasteiger partial charge in [0.2, 0.25) is 0 Å². The van der Waals surface area contributed by atoms with Gasteiger partial charge in [-0.25, -0.2) is 18.7 Å². The van der Waals surface area contributed by atoms with Crippen LogP contribution in [0.25, 0.3) is 5.83 Å². The summed E-state index contributed by atoms with van der Waals surface area (Å²) in [6, 6.07) is 0. The molecule has 0 spiro atoms. The molecule has 2 nitrogen and oxygen atoms in total. The zero-order valence-corrected chi connectivity index (χ0v) is 7.51. The lowest BCUT2D eigenvalue weighted by Crippen LogP contribution is -2.02. The molecule has 0 aliphatic heterocycles. The van der Waals surface area contributed by atoms with Gasteiger partial charge in [0.1, 0.15) is 0 Å². The van der Waals surface area contributed by atoms with Gasteiger partial charge in [-0.2, -0.15) is 0 Å². The molecule has 0 fully saturated rings. The normalized spacial score (nSPS) is 10.5. The average Bonchev–Trinajstić information content (AvgIpc) is 2.04. The van der Waals surface area contributed by atoms with E-state index in [0.717, 1.165) is 6.20 Å². The number of rotatable bonds is 2. The van der Waals surface area contributed by atoms with Crippen molar-refractivity contribution in [2.75, 3.05) is 0 Å². The second kappa shape index (κ2) is 3.60. The van der Waals surface area contributed by atoms with Gasteiger partial charge in [-0.3, -0.25) is 0 Å². The van der Waals surface area contributed by atoms with E-state index in [9.17, 15) is 8.78 Å². The first kappa shape index (κ1) is 9.77. The predicted octanol–water partition coefficient (Wildman–Crippen LogP) is 2.68. The van der Waals surface area contributed by atoms with Crippen LogP contribution in [0.5, 0.6) is 0 Å². The third-order valence-corrected chi connectivity index (χ3v) is 1.56. The number of nitrogens with zero attached hydrogens (tertiary/aromatic N) is 2. The molecule has 13 heavy (non-hydrogen) atoms.